The van der Waals surface area contributed by atoms with Gasteiger partial charge in [0.1, 0.15) is 6.04 Å². The second kappa shape index (κ2) is 6.51. The standard InChI is InChI=1S/C13H17NO5S/c1-3-8-20(18,19)11-7-5-4-6-10(11)12(15)14-9(2)13(16)17/h4-7,9H,3,8H2,1-2H3,(H,14,15)(H,16,17)/t9-/m1/s1. The molecule has 6 nitrogen and oxygen atoms in total. The van der Waals surface area contributed by atoms with E-state index in [2.05, 4.69) is 5.32 Å². The summed E-state index contributed by atoms with van der Waals surface area (Å²) in [6.45, 7) is 3.04. The number of carbonyl (C=O) groups is 2. The monoisotopic (exact) mass is 299 g/mol. The zero-order chi connectivity index (χ0) is 15.3. The fourth-order valence-corrected chi connectivity index (χ4v) is 3.18. The fourth-order valence-electron chi connectivity index (χ4n) is 1.64. The van der Waals surface area contributed by atoms with E-state index < -0.39 is 27.8 Å². The van der Waals surface area contributed by atoms with E-state index in [0.29, 0.717) is 6.42 Å². The molecule has 0 heterocycles. The number of carboxylic acid groups (broad SMARTS) is 1. The van der Waals surface area contributed by atoms with Crippen LogP contribution in [0.1, 0.15) is 30.6 Å². The van der Waals surface area contributed by atoms with Gasteiger partial charge < -0.3 is 10.4 Å². The van der Waals surface area contributed by atoms with Gasteiger partial charge in [0.15, 0.2) is 9.84 Å². The number of carboxylic acids is 1. The van der Waals surface area contributed by atoms with Gasteiger partial charge in [0.2, 0.25) is 0 Å². The van der Waals surface area contributed by atoms with E-state index in [-0.39, 0.29) is 16.2 Å². The van der Waals surface area contributed by atoms with Crippen molar-refractivity contribution in [3.8, 4) is 0 Å². The molecular weight excluding hydrogens is 282 g/mol. The normalized spacial score (nSPS) is 12.7. The van der Waals surface area contributed by atoms with E-state index >= 15 is 0 Å². The lowest BCUT2D eigenvalue weighted by Gasteiger charge is -2.12. The molecular formula is C13H17NO5S. The smallest absolute Gasteiger partial charge is 0.325 e. The van der Waals surface area contributed by atoms with Crippen LogP contribution in [0, 0.1) is 0 Å². The third-order valence-electron chi connectivity index (χ3n) is 2.66. The molecule has 1 aromatic carbocycles. The highest BCUT2D eigenvalue weighted by atomic mass is 32.2. The van der Waals surface area contributed by atoms with Crippen molar-refractivity contribution < 1.29 is 23.1 Å². The van der Waals surface area contributed by atoms with E-state index in [1.807, 2.05) is 0 Å². The molecule has 110 valence electrons. The van der Waals surface area contributed by atoms with Crippen molar-refractivity contribution in [1.29, 1.82) is 0 Å². The maximum atomic E-state index is 12.1. The highest BCUT2D eigenvalue weighted by Crippen LogP contribution is 2.18. The first-order chi connectivity index (χ1) is 9.29. The minimum absolute atomic E-state index is 0.0333. The Kier molecular flexibility index (Phi) is 5.26. The van der Waals surface area contributed by atoms with Crippen LogP contribution in [0.25, 0.3) is 0 Å². The van der Waals surface area contributed by atoms with Gasteiger partial charge in [0.05, 0.1) is 16.2 Å². The van der Waals surface area contributed by atoms with Crippen LogP contribution < -0.4 is 5.32 Å². The van der Waals surface area contributed by atoms with Crippen molar-refractivity contribution in [2.24, 2.45) is 0 Å². The molecule has 20 heavy (non-hydrogen) atoms. The molecule has 0 aliphatic carbocycles. The van der Waals surface area contributed by atoms with Gasteiger partial charge in [-0.15, -0.1) is 0 Å². The lowest BCUT2D eigenvalue weighted by molar-refractivity contribution is -0.138. The van der Waals surface area contributed by atoms with Crippen molar-refractivity contribution in [2.75, 3.05) is 5.75 Å². The summed E-state index contributed by atoms with van der Waals surface area (Å²) in [6, 6.07) is 4.69. The van der Waals surface area contributed by atoms with E-state index in [0.717, 1.165) is 0 Å². The number of rotatable bonds is 6. The van der Waals surface area contributed by atoms with Crippen LogP contribution in [-0.2, 0) is 14.6 Å². The molecule has 1 atom stereocenters. The fraction of sp³-hybridized carbons (Fsp3) is 0.385. The van der Waals surface area contributed by atoms with E-state index in [1.165, 1.54) is 31.2 Å². The Morgan fingerprint density at radius 1 is 1.30 bits per heavy atom. The van der Waals surface area contributed by atoms with Gasteiger partial charge in [0, 0.05) is 0 Å². The minimum Gasteiger partial charge on any atom is -0.480 e. The van der Waals surface area contributed by atoms with Crippen LogP contribution in [0.5, 0.6) is 0 Å². The molecule has 0 aliphatic rings. The van der Waals surface area contributed by atoms with Crippen molar-refractivity contribution in [3.05, 3.63) is 29.8 Å². The average Bonchev–Trinajstić information content (AvgIpc) is 2.38. The summed E-state index contributed by atoms with van der Waals surface area (Å²) in [6.07, 6.45) is 0.434. The van der Waals surface area contributed by atoms with Crippen LogP contribution >= 0.6 is 0 Å². The molecule has 0 aliphatic heterocycles. The Labute approximate surface area is 117 Å². The van der Waals surface area contributed by atoms with Gasteiger partial charge >= 0.3 is 5.97 Å². The highest BCUT2D eigenvalue weighted by Gasteiger charge is 2.23. The van der Waals surface area contributed by atoms with Gasteiger partial charge in [-0.05, 0) is 25.5 Å². The van der Waals surface area contributed by atoms with Crippen LogP contribution in [-0.4, -0.2) is 37.2 Å². The summed E-state index contributed by atoms with van der Waals surface area (Å²) in [7, 11) is -3.55. The number of amides is 1. The molecule has 1 rings (SSSR count). The van der Waals surface area contributed by atoms with E-state index in [9.17, 15) is 18.0 Å². The molecule has 0 unspecified atom stereocenters. The van der Waals surface area contributed by atoms with Gasteiger partial charge in [-0.25, -0.2) is 8.42 Å². The van der Waals surface area contributed by atoms with Gasteiger partial charge in [-0.3, -0.25) is 9.59 Å². The molecule has 0 radical (unpaired) electrons. The summed E-state index contributed by atoms with van der Waals surface area (Å²) < 4.78 is 24.2. The number of nitrogens with one attached hydrogen (secondary N) is 1. The summed E-state index contributed by atoms with van der Waals surface area (Å²) in [5.74, 6) is -1.96. The molecule has 7 heteroatoms. The maximum absolute atomic E-state index is 12.1. The number of hydrogen-bond donors (Lipinski definition) is 2. The molecule has 0 fully saturated rings. The van der Waals surface area contributed by atoms with E-state index in [1.54, 1.807) is 6.92 Å². The second-order valence-electron chi connectivity index (χ2n) is 4.35. The summed E-state index contributed by atoms with van der Waals surface area (Å²) in [5, 5.41) is 11.0. The van der Waals surface area contributed by atoms with Crippen molar-refractivity contribution in [2.45, 2.75) is 31.2 Å². The van der Waals surface area contributed by atoms with Crippen molar-refractivity contribution in [1.82, 2.24) is 5.32 Å². The lowest BCUT2D eigenvalue weighted by atomic mass is 10.2. The highest BCUT2D eigenvalue weighted by molar-refractivity contribution is 7.91. The average molecular weight is 299 g/mol. The minimum atomic E-state index is -3.55. The van der Waals surface area contributed by atoms with Gasteiger partial charge in [-0.1, -0.05) is 19.1 Å². The first-order valence-corrected chi connectivity index (χ1v) is 7.80. The zero-order valence-electron chi connectivity index (χ0n) is 11.3. The van der Waals surface area contributed by atoms with Crippen molar-refractivity contribution in [3.63, 3.8) is 0 Å². The predicted molar refractivity (Wildman–Crippen MR) is 73.3 cm³/mol. The summed E-state index contributed by atoms with van der Waals surface area (Å²) >= 11 is 0. The summed E-state index contributed by atoms with van der Waals surface area (Å²) in [4.78, 5) is 22.6. The van der Waals surface area contributed by atoms with Crippen LogP contribution in [0.4, 0.5) is 0 Å². The predicted octanol–water partition coefficient (Wildman–Crippen LogP) is 1.07. The first-order valence-electron chi connectivity index (χ1n) is 6.15. The third kappa shape index (κ3) is 3.80. The van der Waals surface area contributed by atoms with Crippen LogP contribution in [0.3, 0.4) is 0 Å². The Morgan fingerprint density at radius 2 is 1.90 bits per heavy atom. The van der Waals surface area contributed by atoms with Crippen molar-refractivity contribution >= 4 is 21.7 Å². The number of carbonyl (C=O) groups excluding carboxylic acids is 1. The molecule has 0 spiro atoms. The Hall–Kier alpha value is -1.89. The molecule has 0 saturated carbocycles. The van der Waals surface area contributed by atoms with Gasteiger partial charge in [-0.2, -0.15) is 0 Å². The Balaban J connectivity index is 3.14. The van der Waals surface area contributed by atoms with Gasteiger partial charge in [0.25, 0.3) is 5.91 Å². The SMILES string of the molecule is CCCS(=O)(=O)c1ccccc1C(=O)N[C@H](C)C(=O)O. The molecule has 0 bridgehead atoms. The molecule has 0 saturated heterocycles. The number of benzene rings is 1. The Bertz CT molecular complexity index is 609. The molecule has 0 aromatic heterocycles. The summed E-state index contributed by atoms with van der Waals surface area (Å²) in [5.41, 5.74) is -0.0333. The number of hydrogen-bond acceptors (Lipinski definition) is 4. The third-order valence-corrected chi connectivity index (χ3v) is 4.63. The molecule has 2 N–H and O–H groups in total. The number of sulfone groups is 1. The van der Waals surface area contributed by atoms with E-state index in [4.69, 9.17) is 5.11 Å². The lowest BCUT2D eigenvalue weighted by Crippen LogP contribution is -2.38. The largest absolute Gasteiger partial charge is 0.480 e. The Morgan fingerprint density at radius 3 is 2.45 bits per heavy atom. The zero-order valence-corrected chi connectivity index (χ0v) is 12.1. The molecule has 1 amide bonds. The van der Waals surface area contributed by atoms with Crippen LogP contribution in [0.15, 0.2) is 29.2 Å². The quantitative estimate of drug-likeness (QED) is 0.818. The maximum Gasteiger partial charge on any atom is 0.325 e. The number of aliphatic carboxylic acids is 1. The molecule has 1 aromatic rings. The second-order valence-corrected chi connectivity index (χ2v) is 6.43. The topological polar surface area (TPSA) is 101 Å². The van der Waals surface area contributed by atoms with Crippen LogP contribution in [0.2, 0.25) is 0 Å². The first kappa shape index (κ1) is 16.2.